The first-order valence-corrected chi connectivity index (χ1v) is 7.81. The summed E-state index contributed by atoms with van der Waals surface area (Å²) in [5.74, 6) is 0. The number of hydrogen-bond acceptors (Lipinski definition) is 3. The van der Waals surface area contributed by atoms with Gasteiger partial charge in [0, 0.05) is 25.0 Å². The first kappa shape index (κ1) is 15.5. The number of imidazole rings is 1. The number of hydrogen-bond donors (Lipinski definition) is 2. The lowest BCUT2D eigenvalue weighted by Gasteiger charge is -2.18. The van der Waals surface area contributed by atoms with Crippen molar-refractivity contribution in [1.82, 2.24) is 14.9 Å². The summed E-state index contributed by atoms with van der Waals surface area (Å²) in [5, 5.41) is 13.1. The molecule has 0 aliphatic carbocycles. The smallest absolute Gasteiger partial charge is 0.0991 e. The van der Waals surface area contributed by atoms with Crippen LogP contribution in [0.2, 0.25) is 0 Å². The largest absolute Gasteiger partial charge is 0.395 e. The zero-order chi connectivity index (χ0) is 15.9. The van der Waals surface area contributed by atoms with Gasteiger partial charge < -0.3 is 15.0 Å². The fourth-order valence-corrected chi connectivity index (χ4v) is 2.67. The fourth-order valence-electron chi connectivity index (χ4n) is 2.67. The third-order valence-electron chi connectivity index (χ3n) is 3.90. The number of benzene rings is 2. The second kappa shape index (κ2) is 7.72. The second-order valence-corrected chi connectivity index (χ2v) is 5.55. The first-order chi connectivity index (χ1) is 11.4. The van der Waals surface area contributed by atoms with Crippen LogP contribution < -0.4 is 5.32 Å². The highest BCUT2D eigenvalue weighted by Crippen LogP contribution is 2.14. The highest BCUT2D eigenvalue weighted by atomic mass is 16.3. The molecule has 0 saturated heterocycles. The van der Waals surface area contributed by atoms with E-state index in [2.05, 4.69) is 34.6 Å². The molecule has 0 saturated carbocycles. The van der Waals surface area contributed by atoms with Gasteiger partial charge in [-0.3, -0.25) is 0 Å². The van der Waals surface area contributed by atoms with E-state index < -0.39 is 0 Å². The molecule has 0 aliphatic heterocycles. The topological polar surface area (TPSA) is 50.1 Å². The van der Waals surface area contributed by atoms with Crippen molar-refractivity contribution < 1.29 is 5.11 Å². The zero-order valence-corrected chi connectivity index (χ0v) is 13.0. The molecular weight excluding hydrogens is 286 g/mol. The highest BCUT2D eigenvalue weighted by Gasteiger charge is 2.10. The highest BCUT2D eigenvalue weighted by molar-refractivity contribution is 5.40. The Bertz CT molecular complexity index is 710. The number of aromatic nitrogens is 2. The Labute approximate surface area is 136 Å². The fraction of sp³-hybridized carbons (Fsp3) is 0.211. The quantitative estimate of drug-likeness (QED) is 0.705. The number of rotatable bonds is 7. The number of nitrogens with zero attached hydrogens (tertiary/aromatic N) is 2. The van der Waals surface area contributed by atoms with E-state index in [4.69, 9.17) is 0 Å². The van der Waals surface area contributed by atoms with Gasteiger partial charge in [-0.2, -0.15) is 0 Å². The number of aliphatic hydroxyl groups excluding tert-OH is 1. The SMILES string of the molecule is OC[C@@H](Cc1ccccc1)NCc1ccccc1-n1ccnc1. The van der Waals surface area contributed by atoms with Gasteiger partial charge in [-0.05, 0) is 23.6 Å². The zero-order valence-electron chi connectivity index (χ0n) is 13.0. The summed E-state index contributed by atoms with van der Waals surface area (Å²) in [6.45, 7) is 0.814. The molecule has 0 amide bonds. The van der Waals surface area contributed by atoms with Crippen molar-refractivity contribution in [2.24, 2.45) is 0 Å². The van der Waals surface area contributed by atoms with Crippen molar-refractivity contribution in [1.29, 1.82) is 0 Å². The number of para-hydroxylation sites is 1. The Morgan fingerprint density at radius 1 is 1.04 bits per heavy atom. The van der Waals surface area contributed by atoms with E-state index in [-0.39, 0.29) is 12.6 Å². The van der Waals surface area contributed by atoms with E-state index >= 15 is 0 Å². The van der Waals surface area contributed by atoms with Crippen LogP contribution in [0.4, 0.5) is 0 Å². The molecule has 0 spiro atoms. The van der Waals surface area contributed by atoms with Crippen molar-refractivity contribution in [2.45, 2.75) is 19.0 Å². The monoisotopic (exact) mass is 307 g/mol. The molecule has 0 fully saturated rings. The molecule has 2 N–H and O–H groups in total. The van der Waals surface area contributed by atoms with Gasteiger partial charge in [0.2, 0.25) is 0 Å². The van der Waals surface area contributed by atoms with Crippen LogP contribution in [0.3, 0.4) is 0 Å². The van der Waals surface area contributed by atoms with Crippen LogP contribution in [0, 0.1) is 0 Å². The van der Waals surface area contributed by atoms with E-state index in [9.17, 15) is 5.11 Å². The molecular formula is C19H21N3O. The minimum absolute atomic E-state index is 0.0354. The molecule has 2 aromatic carbocycles. The van der Waals surface area contributed by atoms with Crippen molar-refractivity contribution in [3.05, 3.63) is 84.4 Å². The van der Waals surface area contributed by atoms with Gasteiger partial charge in [0.05, 0.1) is 18.6 Å². The van der Waals surface area contributed by atoms with E-state index in [0.717, 1.165) is 12.1 Å². The van der Waals surface area contributed by atoms with Gasteiger partial charge in [0.1, 0.15) is 0 Å². The average Bonchev–Trinajstić information content (AvgIpc) is 3.14. The molecule has 0 radical (unpaired) electrons. The van der Waals surface area contributed by atoms with E-state index in [1.165, 1.54) is 11.1 Å². The summed E-state index contributed by atoms with van der Waals surface area (Å²) >= 11 is 0. The Morgan fingerprint density at radius 3 is 2.57 bits per heavy atom. The Morgan fingerprint density at radius 2 is 1.83 bits per heavy atom. The maximum atomic E-state index is 9.64. The predicted molar refractivity (Wildman–Crippen MR) is 91.4 cm³/mol. The molecule has 3 aromatic rings. The predicted octanol–water partition coefficient (Wildman–Crippen LogP) is 2.57. The molecule has 118 valence electrons. The van der Waals surface area contributed by atoms with E-state index in [0.29, 0.717) is 6.54 Å². The Kier molecular flexibility index (Phi) is 5.19. The van der Waals surface area contributed by atoms with Gasteiger partial charge in [0.25, 0.3) is 0 Å². The van der Waals surface area contributed by atoms with Crippen LogP contribution in [0.5, 0.6) is 0 Å². The minimum atomic E-state index is 0.0354. The van der Waals surface area contributed by atoms with Crippen LogP contribution >= 0.6 is 0 Å². The molecule has 0 unspecified atom stereocenters. The summed E-state index contributed by atoms with van der Waals surface area (Å²) < 4.78 is 2.00. The van der Waals surface area contributed by atoms with Crippen molar-refractivity contribution in [2.75, 3.05) is 6.61 Å². The lowest BCUT2D eigenvalue weighted by Crippen LogP contribution is -2.34. The van der Waals surface area contributed by atoms with Crippen molar-refractivity contribution in [3.63, 3.8) is 0 Å². The molecule has 23 heavy (non-hydrogen) atoms. The van der Waals surface area contributed by atoms with Crippen LogP contribution in [-0.2, 0) is 13.0 Å². The standard InChI is InChI=1S/C19H21N3O/c23-14-18(12-16-6-2-1-3-7-16)21-13-17-8-4-5-9-19(17)22-11-10-20-15-22/h1-11,15,18,21,23H,12-14H2/t18-/m1/s1. The lowest BCUT2D eigenvalue weighted by molar-refractivity contribution is 0.241. The van der Waals surface area contributed by atoms with Crippen LogP contribution in [0.15, 0.2) is 73.3 Å². The summed E-state index contributed by atoms with van der Waals surface area (Å²) in [6.07, 6.45) is 6.32. The molecule has 4 heteroatoms. The third-order valence-corrected chi connectivity index (χ3v) is 3.90. The minimum Gasteiger partial charge on any atom is -0.395 e. The summed E-state index contributed by atoms with van der Waals surface area (Å²) in [7, 11) is 0. The summed E-state index contributed by atoms with van der Waals surface area (Å²) in [6, 6.07) is 18.5. The normalized spacial score (nSPS) is 12.2. The molecule has 1 aromatic heterocycles. The van der Waals surface area contributed by atoms with Crippen molar-refractivity contribution in [3.8, 4) is 5.69 Å². The number of aliphatic hydroxyl groups is 1. The maximum absolute atomic E-state index is 9.64. The van der Waals surface area contributed by atoms with Crippen LogP contribution in [0.1, 0.15) is 11.1 Å². The van der Waals surface area contributed by atoms with E-state index in [1.807, 2.05) is 41.1 Å². The lowest BCUT2D eigenvalue weighted by atomic mass is 10.1. The van der Waals surface area contributed by atoms with Gasteiger partial charge >= 0.3 is 0 Å². The third kappa shape index (κ3) is 4.06. The second-order valence-electron chi connectivity index (χ2n) is 5.55. The van der Waals surface area contributed by atoms with Gasteiger partial charge in [0.15, 0.2) is 0 Å². The molecule has 3 rings (SSSR count). The summed E-state index contributed by atoms with van der Waals surface area (Å²) in [5.41, 5.74) is 3.51. The maximum Gasteiger partial charge on any atom is 0.0991 e. The van der Waals surface area contributed by atoms with Gasteiger partial charge in [-0.15, -0.1) is 0 Å². The average molecular weight is 307 g/mol. The molecule has 0 aliphatic rings. The summed E-state index contributed by atoms with van der Waals surface area (Å²) in [4.78, 5) is 4.11. The first-order valence-electron chi connectivity index (χ1n) is 7.81. The van der Waals surface area contributed by atoms with Gasteiger partial charge in [-0.1, -0.05) is 48.5 Å². The Balaban J connectivity index is 1.68. The Hall–Kier alpha value is -2.43. The van der Waals surface area contributed by atoms with Crippen molar-refractivity contribution >= 4 is 0 Å². The molecule has 1 heterocycles. The molecule has 4 nitrogen and oxygen atoms in total. The molecule has 1 atom stereocenters. The van der Waals surface area contributed by atoms with E-state index in [1.54, 1.807) is 12.5 Å². The van der Waals surface area contributed by atoms with Crippen LogP contribution in [-0.4, -0.2) is 27.3 Å². The van der Waals surface area contributed by atoms with Crippen LogP contribution in [0.25, 0.3) is 5.69 Å². The number of nitrogens with one attached hydrogen (secondary N) is 1. The molecule has 0 bridgehead atoms. The van der Waals surface area contributed by atoms with Gasteiger partial charge in [-0.25, -0.2) is 4.98 Å².